The van der Waals surface area contributed by atoms with E-state index < -0.39 is 33.4 Å². The highest BCUT2D eigenvalue weighted by Gasteiger charge is 2.32. The Balaban J connectivity index is 1.52. The van der Waals surface area contributed by atoms with E-state index in [4.69, 9.17) is 0 Å². The number of anilines is 3. The summed E-state index contributed by atoms with van der Waals surface area (Å²) in [6.07, 6.45) is -4.14. The predicted molar refractivity (Wildman–Crippen MR) is 156 cm³/mol. The molecule has 1 aromatic heterocycles. The number of nitrogens with zero attached hydrogens (tertiary/aromatic N) is 1. The molecule has 0 fully saturated rings. The fraction of sp³-hybridized carbons (Fsp3) is 0.179. The van der Waals surface area contributed by atoms with E-state index in [-0.39, 0.29) is 21.5 Å². The fourth-order valence-corrected chi connectivity index (χ4v) is 5.57. The average Bonchev–Trinajstić information content (AvgIpc) is 3.41. The average molecular weight is 618 g/mol. The lowest BCUT2D eigenvalue weighted by atomic mass is 10.1. The molecule has 0 atom stereocenters. The molecule has 0 aliphatic carbocycles. The number of alkyl halides is 3. The summed E-state index contributed by atoms with van der Waals surface area (Å²) in [7, 11) is -4.38. The Morgan fingerprint density at radius 3 is 2.33 bits per heavy atom. The second-order valence-electron chi connectivity index (χ2n) is 9.01. The molecule has 0 aliphatic heterocycles. The van der Waals surface area contributed by atoms with Crippen LogP contribution in [0.1, 0.15) is 29.3 Å². The monoisotopic (exact) mass is 617 g/mol. The molecule has 0 saturated heterocycles. The number of nitrogens with one attached hydrogen (secondary N) is 4. The first-order valence-electron chi connectivity index (χ1n) is 12.6. The standard InChI is InChI=1S/C28H26F3N5O4S2/c1-18(37)32-14-5-15-33-21-9-11-22(12-10-21)42(39,40)36-24-16-20(28(29,30)31)8-13-23(24)26(38)35-27-34-25(17-41-27)19-6-3-2-4-7-19/h2-4,6-13,16-17,33,36H,5,14-15H2,1H3,(H,32,37)(H,34,35,38). The second kappa shape index (κ2) is 13.0. The first kappa shape index (κ1) is 30.5. The molecule has 0 unspecified atom stereocenters. The van der Waals surface area contributed by atoms with Gasteiger partial charge in [-0.2, -0.15) is 13.2 Å². The van der Waals surface area contributed by atoms with Gasteiger partial charge in [-0.15, -0.1) is 11.3 Å². The van der Waals surface area contributed by atoms with E-state index in [2.05, 4.69) is 25.7 Å². The zero-order valence-electron chi connectivity index (χ0n) is 22.2. The third-order valence-corrected chi connectivity index (χ3v) is 7.99. The Labute approximate surface area is 244 Å². The molecule has 9 nitrogen and oxygen atoms in total. The van der Waals surface area contributed by atoms with Crippen molar-refractivity contribution in [1.29, 1.82) is 0 Å². The number of hydrogen-bond acceptors (Lipinski definition) is 7. The lowest BCUT2D eigenvalue weighted by Crippen LogP contribution is -2.22. The van der Waals surface area contributed by atoms with Gasteiger partial charge in [0.15, 0.2) is 5.13 Å². The van der Waals surface area contributed by atoms with Crippen molar-refractivity contribution in [1.82, 2.24) is 10.3 Å². The van der Waals surface area contributed by atoms with Crippen molar-refractivity contribution < 1.29 is 31.2 Å². The number of rotatable bonds is 11. The Bertz CT molecular complexity index is 1660. The number of sulfonamides is 1. The summed E-state index contributed by atoms with van der Waals surface area (Å²) in [5.74, 6) is -0.979. The van der Waals surface area contributed by atoms with Gasteiger partial charge in [-0.3, -0.25) is 19.6 Å². The molecule has 0 spiro atoms. The number of halogens is 3. The number of benzene rings is 3. The van der Waals surface area contributed by atoms with Crippen LogP contribution in [0.2, 0.25) is 0 Å². The third-order valence-electron chi connectivity index (χ3n) is 5.85. The van der Waals surface area contributed by atoms with E-state index >= 15 is 0 Å². The zero-order valence-corrected chi connectivity index (χ0v) is 23.8. The van der Waals surface area contributed by atoms with Crippen molar-refractivity contribution in [2.24, 2.45) is 0 Å². The summed E-state index contributed by atoms with van der Waals surface area (Å²) in [5, 5.41) is 10.2. The first-order valence-corrected chi connectivity index (χ1v) is 14.9. The van der Waals surface area contributed by atoms with Gasteiger partial charge in [0.1, 0.15) is 0 Å². The van der Waals surface area contributed by atoms with Crippen molar-refractivity contribution in [3.63, 3.8) is 0 Å². The van der Waals surface area contributed by atoms with E-state index in [1.807, 2.05) is 30.3 Å². The molecule has 0 aliphatic rings. The van der Waals surface area contributed by atoms with E-state index in [0.29, 0.717) is 43.0 Å². The summed E-state index contributed by atoms with van der Waals surface area (Å²) < 4.78 is 68.9. The van der Waals surface area contributed by atoms with Gasteiger partial charge in [0, 0.05) is 36.6 Å². The molecule has 220 valence electrons. The van der Waals surface area contributed by atoms with Crippen molar-refractivity contribution in [2.75, 3.05) is 28.4 Å². The molecule has 3 aromatic carbocycles. The Morgan fingerprint density at radius 1 is 0.952 bits per heavy atom. The van der Waals surface area contributed by atoms with Gasteiger partial charge in [0.25, 0.3) is 15.9 Å². The Hall–Kier alpha value is -4.43. The van der Waals surface area contributed by atoms with Gasteiger partial charge in [0.05, 0.1) is 27.4 Å². The first-order chi connectivity index (χ1) is 19.9. The van der Waals surface area contributed by atoms with Gasteiger partial charge < -0.3 is 10.6 Å². The minimum absolute atomic E-state index is 0.140. The lowest BCUT2D eigenvalue weighted by Gasteiger charge is -2.15. The van der Waals surface area contributed by atoms with Crippen molar-refractivity contribution in [3.05, 3.63) is 89.3 Å². The van der Waals surface area contributed by atoms with Crippen LogP contribution in [-0.2, 0) is 21.0 Å². The topological polar surface area (TPSA) is 129 Å². The molecule has 14 heteroatoms. The van der Waals surface area contributed by atoms with E-state index in [9.17, 15) is 31.2 Å². The molecular weight excluding hydrogens is 591 g/mol. The highest BCUT2D eigenvalue weighted by Crippen LogP contribution is 2.34. The third kappa shape index (κ3) is 8.07. The molecule has 42 heavy (non-hydrogen) atoms. The summed E-state index contributed by atoms with van der Waals surface area (Å²) in [5.41, 5.74) is 0.0200. The van der Waals surface area contributed by atoms with E-state index in [0.717, 1.165) is 23.0 Å². The molecular formula is C28H26F3N5O4S2. The smallest absolute Gasteiger partial charge is 0.385 e. The van der Waals surface area contributed by atoms with E-state index in [1.165, 1.54) is 31.2 Å². The van der Waals surface area contributed by atoms with Crippen LogP contribution >= 0.6 is 11.3 Å². The predicted octanol–water partition coefficient (Wildman–Crippen LogP) is 5.82. The zero-order chi connectivity index (χ0) is 30.3. The largest absolute Gasteiger partial charge is 0.416 e. The summed E-state index contributed by atoms with van der Waals surface area (Å²) in [4.78, 5) is 28.1. The van der Waals surface area contributed by atoms with Gasteiger partial charge in [-0.25, -0.2) is 13.4 Å². The maximum absolute atomic E-state index is 13.5. The summed E-state index contributed by atoms with van der Waals surface area (Å²) in [6, 6.07) is 16.9. The molecule has 4 rings (SSSR count). The van der Waals surface area contributed by atoms with E-state index in [1.54, 1.807) is 5.38 Å². The molecule has 4 N–H and O–H groups in total. The minimum atomic E-state index is -4.78. The van der Waals surface area contributed by atoms with Gasteiger partial charge >= 0.3 is 6.18 Å². The van der Waals surface area contributed by atoms with Crippen LogP contribution in [0, 0.1) is 0 Å². The van der Waals surface area contributed by atoms with Gasteiger partial charge in [-0.1, -0.05) is 30.3 Å². The van der Waals surface area contributed by atoms with Crippen molar-refractivity contribution >= 4 is 49.7 Å². The number of thiazole rings is 1. The lowest BCUT2D eigenvalue weighted by molar-refractivity contribution is -0.137. The van der Waals surface area contributed by atoms with Crippen LogP contribution in [-0.4, -0.2) is 38.3 Å². The number of carbonyl (C=O) groups is 2. The second-order valence-corrected chi connectivity index (χ2v) is 11.5. The normalized spacial score (nSPS) is 11.5. The van der Waals surface area contributed by atoms with Crippen LogP contribution in [0.5, 0.6) is 0 Å². The molecule has 1 heterocycles. The minimum Gasteiger partial charge on any atom is -0.385 e. The molecule has 0 saturated carbocycles. The highest BCUT2D eigenvalue weighted by molar-refractivity contribution is 7.92. The number of aromatic nitrogens is 1. The van der Waals surface area contributed by atoms with Crippen LogP contribution < -0.4 is 20.7 Å². The Kier molecular flexibility index (Phi) is 9.48. The highest BCUT2D eigenvalue weighted by atomic mass is 32.2. The quantitative estimate of drug-likeness (QED) is 0.157. The SMILES string of the molecule is CC(=O)NCCCNc1ccc(S(=O)(=O)Nc2cc(C(F)(F)F)ccc2C(=O)Nc2nc(-c3ccccc3)cs2)cc1. The maximum atomic E-state index is 13.5. The number of hydrogen-bond donors (Lipinski definition) is 4. The van der Waals surface area contributed by atoms with Crippen molar-refractivity contribution in [3.8, 4) is 11.3 Å². The molecule has 2 amide bonds. The number of amides is 2. The fourth-order valence-electron chi connectivity index (χ4n) is 3.78. The maximum Gasteiger partial charge on any atom is 0.416 e. The molecule has 4 aromatic rings. The molecule has 0 radical (unpaired) electrons. The van der Waals surface area contributed by atoms with Crippen LogP contribution in [0.25, 0.3) is 11.3 Å². The molecule has 0 bridgehead atoms. The number of carbonyl (C=O) groups excluding carboxylic acids is 2. The summed E-state index contributed by atoms with van der Waals surface area (Å²) >= 11 is 1.12. The van der Waals surface area contributed by atoms with Crippen LogP contribution in [0.15, 0.2) is 83.1 Å². The van der Waals surface area contributed by atoms with Crippen LogP contribution in [0.3, 0.4) is 0 Å². The Morgan fingerprint density at radius 2 is 1.67 bits per heavy atom. The van der Waals surface area contributed by atoms with Gasteiger partial charge in [-0.05, 0) is 48.9 Å². The summed E-state index contributed by atoms with van der Waals surface area (Å²) in [6.45, 7) is 2.40. The van der Waals surface area contributed by atoms with Crippen LogP contribution in [0.4, 0.5) is 29.7 Å². The van der Waals surface area contributed by atoms with Gasteiger partial charge in [0.2, 0.25) is 5.91 Å². The van der Waals surface area contributed by atoms with Crippen molar-refractivity contribution in [2.45, 2.75) is 24.4 Å².